The number of halogens is 2. The molecule has 1 fully saturated rings. The van der Waals surface area contributed by atoms with Gasteiger partial charge in [-0.25, -0.2) is 13.8 Å². The Balaban J connectivity index is 1.45. The highest BCUT2D eigenvalue weighted by Crippen LogP contribution is 2.46. The molecule has 6 N–H and O–H groups in total. The van der Waals surface area contributed by atoms with Crippen molar-refractivity contribution in [2.24, 2.45) is 0 Å². The van der Waals surface area contributed by atoms with Gasteiger partial charge in [0.2, 0.25) is 5.91 Å². The Labute approximate surface area is 247 Å². The van der Waals surface area contributed by atoms with Crippen molar-refractivity contribution in [1.29, 1.82) is 5.41 Å². The van der Waals surface area contributed by atoms with E-state index in [4.69, 9.17) is 14.9 Å². The fourth-order valence-corrected chi connectivity index (χ4v) is 5.11. The van der Waals surface area contributed by atoms with Crippen molar-refractivity contribution in [3.05, 3.63) is 81.9 Å². The highest BCUT2D eigenvalue weighted by Gasteiger charge is 2.45. The summed E-state index contributed by atoms with van der Waals surface area (Å²) in [6.07, 6.45) is 5.73. The van der Waals surface area contributed by atoms with Crippen LogP contribution >= 0.6 is 0 Å². The predicted molar refractivity (Wildman–Crippen MR) is 153 cm³/mol. The topological polar surface area (TPSA) is 150 Å². The number of ether oxygens (including phenoxy) is 2. The third kappa shape index (κ3) is 5.67. The Morgan fingerprint density at radius 3 is 2.74 bits per heavy atom. The lowest BCUT2D eigenvalue weighted by Gasteiger charge is -2.22. The number of amides is 2. The molecule has 3 aliphatic rings. The number of allylic oxidation sites excluding steroid dienone is 2. The van der Waals surface area contributed by atoms with Gasteiger partial charge in [0.15, 0.2) is 11.6 Å². The largest absolute Gasteiger partial charge is 0.494 e. The molecule has 5 rings (SSSR count). The van der Waals surface area contributed by atoms with Crippen LogP contribution in [0.5, 0.6) is 5.75 Å². The first-order valence-electron chi connectivity index (χ1n) is 13.9. The van der Waals surface area contributed by atoms with Crippen LogP contribution in [0.1, 0.15) is 42.7 Å². The Hall–Kier alpha value is -4.42. The number of rotatable bonds is 9. The molecular formula is C31H34F2N5O5+. The molecule has 0 radical (unpaired) electrons. The molecule has 0 saturated heterocycles. The van der Waals surface area contributed by atoms with Crippen molar-refractivity contribution < 1.29 is 38.3 Å². The number of carbonyl (C=O) groups is 2. The van der Waals surface area contributed by atoms with E-state index in [1.54, 1.807) is 13.0 Å². The minimum absolute atomic E-state index is 0.00915. The standard InChI is InChI=1S/C31H33F2N5O5/c1-15-19(7-8-21(32)25(15)33)27-28-20(31(2,14-43-28)30(41)35-3)11-22(38-27)23(39)13-37-29(40)16-9-17(12-36-18-5-6-18)26(34)24(10-16)42-4/h7-12,18,23,34,36,39H,5-6,13-14H2,1-4H3,(H,35,41)(H,37,40)/p+1/b17-12-,34-26?/t23-,31+/m1/s1. The second-order valence-corrected chi connectivity index (χ2v) is 11.1. The van der Waals surface area contributed by atoms with E-state index in [-0.39, 0.29) is 64.4 Å². The zero-order valence-electron chi connectivity index (χ0n) is 24.3. The number of aliphatic hydroxyl groups excluding tert-OH is 1. The first-order chi connectivity index (χ1) is 20.5. The average molecular weight is 595 g/mol. The van der Waals surface area contributed by atoms with Crippen molar-refractivity contribution in [1.82, 2.24) is 15.6 Å². The van der Waals surface area contributed by atoms with E-state index >= 15 is 0 Å². The van der Waals surface area contributed by atoms with Crippen LogP contribution in [0.4, 0.5) is 8.78 Å². The number of quaternary nitrogens is 1. The zero-order valence-corrected chi connectivity index (χ0v) is 24.3. The molecule has 1 aromatic carbocycles. The Kier molecular flexibility index (Phi) is 8.17. The molecule has 10 nitrogen and oxygen atoms in total. The number of nitrogens with one attached hydrogen (secondary N) is 3. The van der Waals surface area contributed by atoms with Crippen LogP contribution in [-0.4, -0.2) is 61.0 Å². The molecule has 2 amide bonds. The molecule has 43 heavy (non-hydrogen) atoms. The van der Waals surface area contributed by atoms with Crippen molar-refractivity contribution in [2.75, 3.05) is 27.3 Å². The zero-order chi connectivity index (χ0) is 31.1. The SMILES string of the molecule is CNC(=O)[C@@]1(C)COc2c1cc([C@H](O)CNC(=O)C1=C/C(=C/[NH2+]C3CC3)C(=N)C(OC)=C1)nc2-c1ccc(F)c(F)c1C. The number of carbonyl (C=O) groups excluding carboxylic acids is 2. The lowest BCUT2D eigenvalue weighted by Crippen LogP contribution is -2.80. The van der Waals surface area contributed by atoms with Crippen LogP contribution in [0.2, 0.25) is 0 Å². The third-order valence-electron chi connectivity index (χ3n) is 8.00. The van der Waals surface area contributed by atoms with Gasteiger partial charge in [0.25, 0.3) is 5.91 Å². The predicted octanol–water partition coefficient (Wildman–Crippen LogP) is 1.98. The molecule has 1 aromatic heterocycles. The molecule has 226 valence electrons. The average Bonchev–Trinajstić information content (AvgIpc) is 3.78. The quantitative estimate of drug-likeness (QED) is 0.300. The summed E-state index contributed by atoms with van der Waals surface area (Å²) in [6.45, 7) is 2.80. The summed E-state index contributed by atoms with van der Waals surface area (Å²) >= 11 is 0. The van der Waals surface area contributed by atoms with Gasteiger partial charge < -0.3 is 30.5 Å². The van der Waals surface area contributed by atoms with Crippen LogP contribution in [0.3, 0.4) is 0 Å². The number of hydrogen-bond donors (Lipinski definition) is 5. The third-order valence-corrected chi connectivity index (χ3v) is 8.00. The molecule has 12 heteroatoms. The van der Waals surface area contributed by atoms with Crippen LogP contribution in [0.15, 0.2) is 53.5 Å². The molecule has 2 atom stereocenters. The smallest absolute Gasteiger partial charge is 0.251 e. The molecule has 0 unspecified atom stereocenters. The van der Waals surface area contributed by atoms with E-state index in [0.717, 1.165) is 18.9 Å². The van der Waals surface area contributed by atoms with E-state index in [0.29, 0.717) is 17.2 Å². The Morgan fingerprint density at radius 1 is 1.33 bits per heavy atom. The van der Waals surface area contributed by atoms with Crippen molar-refractivity contribution >= 4 is 17.5 Å². The fraction of sp³-hybridized carbons (Fsp3) is 0.355. The number of methoxy groups -OCH3 is 1. The van der Waals surface area contributed by atoms with E-state index in [2.05, 4.69) is 15.6 Å². The maximum absolute atomic E-state index is 14.6. The molecule has 1 saturated carbocycles. The van der Waals surface area contributed by atoms with Crippen molar-refractivity contribution in [3.8, 4) is 17.0 Å². The maximum atomic E-state index is 14.6. The molecule has 0 bridgehead atoms. The van der Waals surface area contributed by atoms with Gasteiger partial charge in [-0.3, -0.25) is 15.0 Å². The molecule has 2 aliphatic carbocycles. The monoisotopic (exact) mass is 594 g/mol. The van der Waals surface area contributed by atoms with Gasteiger partial charge in [-0.1, -0.05) is 0 Å². The number of likely N-dealkylation sites (N-methyl/N-ethyl adjacent to an activating group) is 1. The second-order valence-electron chi connectivity index (χ2n) is 11.1. The van der Waals surface area contributed by atoms with Crippen LogP contribution in [-0.2, 0) is 19.7 Å². The summed E-state index contributed by atoms with van der Waals surface area (Å²) in [5.74, 6) is -2.43. The number of pyridine rings is 1. The van der Waals surface area contributed by atoms with Crippen LogP contribution in [0.25, 0.3) is 11.3 Å². The van der Waals surface area contributed by atoms with Crippen molar-refractivity contribution in [2.45, 2.75) is 44.2 Å². The van der Waals surface area contributed by atoms with Gasteiger partial charge in [0.05, 0.1) is 24.4 Å². The van der Waals surface area contributed by atoms with Crippen LogP contribution in [0, 0.1) is 24.0 Å². The lowest BCUT2D eigenvalue weighted by atomic mass is 9.82. The van der Waals surface area contributed by atoms with Gasteiger partial charge in [-0.2, -0.15) is 0 Å². The van der Waals surface area contributed by atoms with Gasteiger partial charge in [0, 0.05) is 43.1 Å². The summed E-state index contributed by atoms with van der Waals surface area (Å²) in [7, 11) is 2.92. The summed E-state index contributed by atoms with van der Waals surface area (Å²) in [5, 5.41) is 26.9. The van der Waals surface area contributed by atoms with E-state index in [1.807, 2.05) is 11.5 Å². The summed E-state index contributed by atoms with van der Waals surface area (Å²) in [5.41, 5.74) is 0.701. The van der Waals surface area contributed by atoms with E-state index in [1.165, 1.54) is 39.3 Å². The molecule has 2 aromatic rings. The van der Waals surface area contributed by atoms with E-state index < -0.39 is 29.1 Å². The first kappa shape index (κ1) is 30.1. The van der Waals surface area contributed by atoms with Gasteiger partial charge in [0.1, 0.15) is 47.2 Å². The molecule has 2 heterocycles. The number of benzene rings is 1. The Morgan fingerprint density at radius 2 is 2.07 bits per heavy atom. The Bertz CT molecular complexity index is 1610. The first-order valence-corrected chi connectivity index (χ1v) is 13.9. The number of hydrogen-bond acceptors (Lipinski definition) is 7. The lowest BCUT2D eigenvalue weighted by molar-refractivity contribution is -0.602. The van der Waals surface area contributed by atoms with Crippen molar-refractivity contribution in [3.63, 3.8) is 0 Å². The molecule has 1 aliphatic heterocycles. The fourth-order valence-electron chi connectivity index (χ4n) is 5.11. The summed E-state index contributed by atoms with van der Waals surface area (Å²) in [6, 6.07) is 4.36. The number of fused-ring (bicyclic) bond motifs is 1. The number of aromatic nitrogens is 1. The second kappa shape index (κ2) is 11.7. The number of nitrogens with zero attached hydrogens (tertiary/aromatic N) is 1. The maximum Gasteiger partial charge on any atom is 0.251 e. The minimum atomic E-state index is -1.33. The van der Waals surface area contributed by atoms with Crippen LogP contribution < -0.4 is 20.7 Å². The minimum Gasteiger partial charge on any atom is -0.494 e. The highest BCUT2D eigenvalue weighted by atomic mass is 19.2. The summed E-state index contributed by atoms with van der Waals surface area (Å²) < 4.78 is 39.7. The van der Waals surface area contributed by atoms with Gasteiger partial charge in [-0.15, -0.1) is 0 Å². The molecular weight excluding hydrogens is 560 g/mol. The summed E-state index contributed by atoms with van der Waals surface area (Å²) in [4.78, 5) is 30.6. The number of aliphatic hydroxyl groups is 1. The highest BCUT2D eigenvalue weighted by molar-refractivity contribution is 6.15. The van der Waals surface area contributed by atoms with Gasteiger partial charge >= 0.3 is 0 Å². The normalized spacial score (nSPS) is 21.0. The van der Waals surface area contributed by atoms with Gasteiger partial charge in [-0.05, 0) is 49.8 Å². The van der Waals surface area contributed by atoms with E-state index in [9.17, 15) is 23.5 Å². The number of nitrogens with two attached hydrogens (primary N) is 1. The molecule has 0 spiro atoms.